The minimum absolute atomic E-state index is 0.0537. The molecule has 1 aliphatic rings. The number of benzene rings is 1. The number of nitrogens with zero attached hydrogens (tertiary/aromatic N) is 3. The Kier molecular flexibility index (Phi) is 6.79. The highest BCUT2D eigenvalue weighted by atomic mass is 19.4. The predicted octanol–water partition coefficient (Wildman–Crippen LogP) is 3.95. The van der Waals surface area contributed by atoms with Crippen LogP contribution in [-0.2, 0) is 18.0 Å². The fourth-order valence-corrected chi connectivity index (χ4v) is 4.45. The number of anilines is 2. The highest BCUT2D eigenvalue weighted by molar-refractivity contribution is 5.89. The molecule has 35 heavy (non-hydrogen) atoms. The zero-order chi connectivity index (χ0) is 25.3. The van der Waals surface area contributed by atoms with Crippen LogP contribution in [0.5, 0.6) is 0 Å². The monoisotopic (exact) mass is 488 g/mol. The average Bonchev–Trinajstić information content (AvgIpc) is 2.81. The van der Waals surface area contributed by atoms with Gasteiger partial charge in [-0.05, 0) is 56.1 Å². The summed E-state index contributed by atoms with van der Waals surface area (Å²) in [7, 11) is 1.65. The Morgan fingerprint density at radius 2 is 2.00 bits per heavy atom. The normalized spacial score (nSPS) is 17.3. The summed E-state index contributed by atoms with van der Waals surface area (Å²) < 4.78 is 42.0. The van der Waals surface area contributed by atoms with Crippen molar-refractivity contribution < 1.29 is 18.0 Å². The highest BCUT2D eigenvalue weighted by Gasteiger charge is 2.32. The van der Waals surface area contributed by atoms with Crippen LogP contribution < -0.4 is 21.5 Å². The second-order valence-corrected chi connectivity index (χ2v) is 8.86. The van der Waals surface area contributed by atoms with E-state index >= 15 is 0 Å². The quantitative estimate of drug-likeness (QED) is 0.503. The first-order valence-electron chi connectivity index (χ1n) is 11.4. The molecule has 2 aromatic heterocycles. The van der Waals surface area contributed by atoms with Crippen LogP contribution in [0.15, 0.2) is 35.4 Å². The summed E-state index contributed by atoms with van der Waals surface area (Å²) in [6, 6.07) is 4.63. The Balaban J connectivity index is 1.74. The van der Waals surface area contributed by atoms with E-state index in [0.29, 0.717) is 34.5 Å². The number of hydrogen-bond donors (Lipinski definition) is 3. The number of carbonyl (C=O) groups is 1. The van der Waals surface area contributed by atoms with Gasteiger partial charge in [0.25, 0.3) is 5.56 Å². The summed E-state index contributed by atoms with van der Waals surface area (Å²) in [5.41, 5.74) is 0.464. The van der Waals surface area contributed by atoms with Crippen molar-refractivity contribution in [3.05, 3.63) is 57.6 Å². The summed E-state index contributed by atoms with van der Waals surface area (Å²) in [5, 5.41) is 9.53. The highest BCUT2D eigenvalue weighted by Crippen LogP contribution is 2.34. The number of aryl methyl sites for hydroxylation is 1. The third kappa shape index (κ3) is 5.29. The molecule has 1 unspecified atom stereocenters. The lowest BCUT2D eigenvalue weighted by Crippen LogP contribution is -2.33. The first-order chi connectivity index (χ1) is 16.5. The molecule has 0 bridgehead atoms. The maximum absolute atomic E-state index is 13.5. The molecule has 1 fully saturated rings. The molecule has 8 nitrogen and oxygen atoms in total. The minimum atomic E-state index is -4.58. The van der Waals surface area contributed by atoms with Gasteiger partial charge < -0.3 is 16.0 Å². The van der Waals surface area contributed by atoms with Crippen LogP contribution in [0.4, 0.5) is 24.7 Å². The van der Waals surface area contributed by atoms with Crippen molar-refractivity contribution in [2.45, 2.75) is 44.8 Å². The Morgan fingerprint density at radius 3 is 2.66 bits per heavy atom. The number of nitrogens with one attached hydrogen (secondary N) is 3. The maximum Gasteiger partial charge on any atom is 0.416 e. The van der Waals surface area contributed by atoms with Gasteiger partial charge in [-0.25, -0.2) is 9.97 Å². The Labute approximate surface area is 200 Å². The van der Waals surface area contributed by atoms with Gasteiger partial charge in [-0.3, -0.25) is 14.2 Å². The van der Waals surface area contributed by atoms with Gasteiger partial charge in [0.2, 0.25) is 5.91 Å². The molecule has 0 spiro atoms. The lowest BCUT2D eigenvalue weighted by Gasteiger charge is -2.24. The zero-order valence-electron chi connectivity index (χ0n) is 19.7. The van der Waals surface area contributed by atoms with Gasteiger partial charge in [0.1, 0.15) is 17.8 Å². The maximum atomic E-state index is 13.5. The van der Waals surface area contributed by atoms with E-state index in [-0.39, 0.29) is 17.2 Å². The van der Waals surface area contributed by atoms with Crippen LogP contribution in [-0.4, -0.2) is 33.5 Å². The van der Waals surface area contributed by atoms with E-state index in [2.05, 4.69) is 25.9 Å². The smallest absolute Gasteiger partial charge is 0.363 e. The Bertz CT molecular complexity index is 1320. The van der Waals surface area contributed by atoms with Crippen LogP contribution in [0.25, 0.3) is 11.0 Å². The van der Waals surface area contributed by atoms with Crippen molar-refractivity contribution in [1.82, 2.24) is 19.9 Å². The summed E-state index contributed by atoms with van der Waals surface area (Å²) >= 11 is 0. The van der Waals surface area contributed by atoms with Crippen LogP contribution in [0, 0.1) is 0 Å². The SMILES string of the molecule is CC(=O)Nc1cc([C@@H](C)Nc2ncnc3c2cc(C2CCCNC2)c(=O)n3C)cc(C(F)(F)F)c1. The molecule has 186 valence electrons. The molecule has 3 aromatic rings. The number of alkyl halides is 3. The largest absolute Gasteiger partial charge is 0.416 e. The van der Waals surface area contributed by atoms with Crippen LogP contribution in [0.3, 0.4) is 0 Å². The molecule has 3 heterocycles. The van der Waals surface area contributed by atoms with Crippen molar-refractivity contribution >= 4 is 28.4 Å². The van der Waals surface area contributed by atoms with Crippen molar-refractivity contribution in [2.75, 3.05) is 23.7 Å². The van der Waals surface area contributed by atoms with Crippen molar-refractivity contribution in [3.8, 4) is 0 Å². The molecular weight excluding hydrogens is 461 g/mol. The first kappa shape index (κ1) is 24.6. The van der Waals surface area contributed by atoms with Gasteiger partial charge >= 0.3 is 6.18 Å². The van der Waals surface area contributed by atoms with E-state index in [4.69, 9.17) is 0 Å². The van der Waals surface area contributed by atoms with E-state index in [1.54, 1.807) is 20.0 Å². The van der Waals surface area contributed by atoms with E-state index < -0.39 is 23.7 Å². The fraction of sp³-hybridized carbons (Fsp3) is 0.417. The number of carbonyl (C=O) groups excluding carboxylic acids is 1. The second kappa shape index (κ2) is 9.65. The molecule has 1 amide bonds. The molecule has 0 saturated carbocycles. The second-order valence-electron chi connectivity index (χ2n) is 8.86. The minimum Gasteiger partial charge on any atom is -0.363 e. The van der Waals surface area contributed by atoms with Crippen LogP contribution in [0.1, 0.15) is 55.3 Å². The van der Waals surface area contributed by atoms with Gasteiger partial charge in [0.15, 0.2) is 0 Å². The zero-order valence-corrected chi connectivity index (χ0v) is 19.7. The van der Waals surface area contributed by atoms with Crippen molar-refractivity contribution in [2.24, 2.45) is 7.05 Å². The number of pyridine rings is 1. The van der Waals surface area contributed by atoms with Crippen LogP contribution >= 0.6 is 0 Å². The number of rotatable bonds is 5. The van der Waals surface area contributed by atoms with Gasteiger partial charge in [0, 0.05) is 37.7 Å². The summed E-state index contributed by atoms with van der Waals surface area (Å²) in [5.74, 6) is -0.00838. The fourth-order valence-electron chi connectivity index (χ4n) is 4.45. The Hall–Kier alpha value is -3.47. The number of piperidine rings is 1. The van der Waals surface area contributed by atoms with Gasteiger partial charge in [-0.1, -0.05) is 0 Å². The Morgan fingerprint density at radius 1 is 1.23 bits per heavy atom. The topological polar surface area (TPSA) is 101 Å². The number of fused-ring (bicyclic) bond motifs is 1. The molecular formula is C24H27F3N6O2. The third-order valence-electron chi connectivity index (χ3n) is 6.22. The van der Waals surface area contributed by atoms with Crippen molar-refractivity contribution in [1.29, 1.82) is 0 Å². The number of aromatic nitrogens is 3. The molecule has 2 atom stereocenters. The van der Waals surface area contributed by atoms with Crippen LogP contribution in [0.2, 0.25) is 0 Å². The molecule has 1 aromatic carbocycles. The first-order valence-corrected chi connectivity index (χ1v) is 11.4. The molecule has 3 N–H and O–H groups in total. The molecule has 0 radical (unpaired) electrons. The molecule has 0 aliphatic carbocycles. The molecule has 4 rings (SSSR count). The third-order valence-corrected chi connectivity index (χ3v) is 6.22. The van der Waals surface area contributed by atoms with Gasteiger partial charge in [0.05, 0.1) is 17.0 Å². The predicted molar refractivity (Wildman–Crippen MR) is 127 cm³/mol. The number of hydrogen-bond acceptors (Lipinski definition) is 6. The molecule has 1 aliphatic heterocycles. The lowest BCUT2D eigenvalue weighted by molar-refractivity contribution is -0.137. The summed E-state index contributed by atoms with van der Waals surface area (Å²) in [6.07, 6.45) is -1.42. The number of halogens is 3. The summed E-state index contributed by atoms with van der Waals surface area (Å²) in [4.78, 5) is 33.1. The average molecular weight is 489 g/mol. The van der Waals surface area contributed by atoms with E-state index in [9.17, 15) is 22.8 Å². The van der Waals surface area contributed by atoms with Gasteiger partial charge in [-0.15, -0.1) is 0 Å². The van der Waals surface area contributed by atoms with E-state index in [1.807, 2.05) is 0 Å². The molecule has 11 heteroatoms. The summed E-state index contributed by atoms with van der Waals surface area (Å²) in [6.45, 7) is 4.55. The number of amides is 1. The van der Waals surface area contributed by atoms with Gasteiger partial charge in [-0.2, -0.15) is 13.2 Å². The molecule has 1 saturated heterocycles. The van der Waals surface area contributed by atoms with E-state index in [1.165, 1.54) is 23.9 Å². The lowest BCUT2D eigenvalue weighted by atomic mass is 9.92. The van der Waals surface area contributed by atoms with E-state index in [0.717, 1.165) is 31.5 Å². The standard InChI is InChI=1S/C24H27F3N6O2/c1-13(16-7-17(24(25,26)27)9-18(8-16)32-14(2)34)31-21-20-10-19(15-5-4-6-28-11-15)23(35)33(3)22(20)30-12-29-21/h7-10,12-13,15,28H,4-6,11H2,1-3H3,(H,32,34)(H,29,30,31)/t13-,15?/m1/s1. The van der Waals surface area contributed by atoms with Crippen molar-refractivity contribution in [3.63, 3.8) is 0 Å².